The number of hydrogen-bond acceptors (Lipinski definition) is 4. The van der Waals surface area contributed by atoms with Crippen LogP contribution in [-0.4, -0.2) is 33.4 Å². The Morgan fingerprint density at radius 3 is 1.16 bits per heavy atom. The average Bonchev–Trinajstić information content (AvgIpc) is 3.35. The Balaban J connectivity index is 0.000000275. The van der Waals surface area contributed by atoms with Gasteiger partial charge in [0, 0.05) is 19.6 Å². The maximum atomic E-state index is 6.35. The molecular formula is C21H22Cl6NS4+. The lowest BCUT2D eigenvalue weighted by atomic mass is 10.3. The van der Waals surface area contributed by atoms with E-state index in [2.05, 4.69) is 27.7 Å². The summed E-state index contributed by atoms with van der Waals surface area (Å²) in [6.45, 7) is 14.2. The fraction of sp³-hybridized carbons (Fsp3) is 0.429. The number of hydrogen-bond donors (Lipinski definition) is 0. The molecule has 1 spiro atoms. The van der Waals surface area contributed by atoms with Crippen molar-refractivity contribution < 1.29 is 4.48 Å². The van der Waals surface area contributed by atoms with E-state index >= 15 is 0 Å². The third-order valence-electron chi connectivity index (χ3n) is 5.76. The lowest BCUT2D eigenvalue weighted by Gasteiger charge is -2.34. The third-order valence-corrected chi connectivity index (χ3v) is 15.1. The molecule has 0 aliphatic carbocycles. The van der Waals surface area contributed by atoms with Crippen molar-refractivity contribution >= 4 is 117 Å². The molecule has 0 saturated heterocycles. The fourth-order valence-corrected chi connectivity index (χ4v) is 12.5. The van der Waals surface area contributed by atoms with Crippen molar-refractivity contribution in [2.75, 3.05) is 26.2 Å². The molecule has 0 bridgehead atoms. The molecule has 0 unspecified atom stereocenters. The lowest BCUT2D eigenvalue weighted by Crippen LogP contribution is -2.47. The standard InChI is InChI=1S/C13H2Cl6S4.C8H20N/c14-3-1-5(16)9-11(7(3)18)22-13(20-9)21-10-6(17)2-4(15)8(19)12(10)23-13;1-5-9(6-2,7-3)8-4/h1-2H;5-8H2,1-4H3/q;+1. The summed E-state index contributed by atoms with van der Waals surface area (Å²) in [6, 6.07) is 3.34. The Morgan fingerprint density at radius 2 is 0.875 bits per heavy atom. The zero-order valence-electron chi connectivity index (χ0n) is 17.8. The number of nitrogens with zero attached hydrogens (tertiary/aromatic N) is 1. The molecular weight excluding hydrogens is 607 g/mol. The van der Waals surface area contributed by atoms with Crippen LogP contribution in [0.15, 0.2) is 31.7 Å². The van der Waals surface area contributed by atoms with Gasteiger partial charge in [0.25, 0.3) is 0 Å². The van der Waals surface area contributed by atoms with Gasteiger partial charge < -0.3 is 4.48 Å². The van der Waals surface area contributed by atoms with E-state index in [1.54, 1.807) is 59.2 Å². The van der Waals surface area contributed by atoms with E-state index in [0.29, 0.717) is 30.1 Å². The van der Waals surface area contributed by atoms with Crippen LogP contribution in [-0.2, 0) is 0 Å². The van der Waals surface area contributed by atoms with Crippen LogP contribution in [0.3, 0.4) is 0 Å². The maximum Gasteiger partial charge on any atom is 0.171 e. The second kappa shape index (κ2) is 11.3. The zero-order valence-corrected chi connectivity index (χ0v) is 25.6. The summed E-state index contributed by atoms with van der Waals surface area (Å²) >= 11 is 44.1. The van der Waals surface area contributed by atoms with E-state index in [4.69, 9.17) is 69.6 Å². The van der Waals surface area contributed by atoms with E-state index < -0.39 is 0 Å². The summed E-state index contributed by atoms with van der Waals surface area (Å²) < 4.78 is 0.945. The lowest BCUT2D eigenvalue weighted by molar-refractivity contribution is -0.921. The highest BCUT2D eigenvalue weighted by atomic mass is 35.5. The van der Waals surface area contributed by atoms with E-state index in [1.165, 1.54) is 30.7 Å². The molecule has 32 heavy (non-hydrogen) atoms. The Kier molecular flexibility index (Phi) is 9.92. The predicted molar refractivity (Wildman–Crippen MR) is 152 cm³/mol. The van der Waals surface area contributed by atoms with Gasteiger partial charge in [0.1, 0.15) is 0 Å². The first kappa shape index (κ1) is 28.1. The molecule has 0 atom stereocenters. The Morgan fingerprint density at radius 1 is 0.562 bits per heavy atom. The Labute approximate surface area is 237 Å². The van der Waals surface area contributed by atoms with Gasteiger partial charge in [-0.3, -0.25) is 0 Å². The summed E-state index contributed by atoms with van der Waals surface area (Å²) in [4.78, 5) is 3.63. The van der Waals surface area contributed by atoms with Crippen LogP contribution in [0, 0.1) is 0 Å². The van der Waals surface area contributed by atoms with Gasteiger partial charge in [-0.05, 0) is 39.8 Å². The molecule has 2 aliphatic heterocycles. The highest BCUT2D eigenvalue weighted by molar-refractivity contribution is 8.50. The summed E-state index contributed by atoms with van der Waals surface area (Å²) in [7, 11) is 0. The van der Waals surface area contributed by atoms with Gasteiger partial charge in [0.05, 0.1) is 56.3 Å². The molecule has 176 valence electrons. The number of quaternary nitrogens is 1. The minimum Gasteiger partial charge on any atom is -0.325 e. The monoisotopic (exact) mass is 626 g/mol. The van der Waals surface area contributed by atoms with Gasteiger partial charge in [0.2, 0.25) is 0 Å². The number of fused-ring (bicyclic) bond motifs is 2. The van der Waals surface area contributed by atoms with Crippen LogP contribution in [0.4, 0.5) is 0 Å². The highest BCUT2D eigenvalue weighted by Crippen LogP contribution is 2.77. The predicted octanol–water partition coefficient (Wildman–Crippen LogP) is 11.2. The fourth-order valence-electron chi connectivity index (χ4n) is 3.45. The van der Waals surface area contributed by atoms with Gasteiger partial charge >= 0.3 is 0 Å². The Bertz CT molecular complexity index is 939. The van der Waals surface area contributed by atoms with E-state index in [0.717, 1.165) is 19.6 Å². The third kappa shape index (κ3) is 5.44. The van der Waals surface area contributed by atoms with Gasteiger partial charge in [-0.15, -0.1) is 0 Å². The van der Waals surface area contributed by atoms with Crippen molar-refractivity contribution in [2.45, 2.75) is 50.0 Å². The molecule has 4 rings (SSSR count). The van der Waals surface area contributed by atoms with Gasteiger partial charge in [-0.1, -0.05) is 117 Å². The topological polar surface area (TPSA) is 0 Å². The first-order chi connectivity index (χ1) is 15.1. The van der Waals surface area contributed by atoms with Crippen molar-refractivity contribution in [3.05, 3.63) is 42.3 Å². The van der Waals surface area contributed by atoms with Gasteiger partial charge in [-0.25, -0.2) is 0 Å². The minimum atomic E-state index is -0.333. The molecule has 0 N–H and O–H groups in total. The number of benzene rings is 2. The molecule has 0 amide bonds. The SMILES string of the molecule is CC[N+](CC)(CC)CC.Clc1cc(Cl)c2c(c1Cl)SC1(S2)Sc2c(Cl)cc(Cl)c(Cl)c2S1. The average molecular weight is 629 g/mol. The van der Waals surface area contributed by atoms with Crippen molar-refractivity contribution in [1.82, 2.24) is 0 Å². The molecule has 0 radical (unpaired) electrons. The van der Waals surface area contributed by atoms with Crippen molar-refractivity contribution in [2.24, 2.45) is 0 Å². The van der Waals surface area contributed by atoms with Crippen LogP contribution in [0.2, 0.25) is 30.1 Å². The van der Waals surface area contributed by atoms with Gasteiger partial charge in [-0.2, -0.15) is 0 Å². The summed E-state index contributed by atoms with van der Waals surface area (Å²) in [6.07, 6.45) is 0. The number of halogens is 6. The quantitative estimate of drug-likeness (QED) is 0.244. The van der Waals surface area contributed by atoms with E-state index in [-0.39, 0.29) is 2.74 Å². The molecule has 11 heteroatoms. The molecule has 2 aromatic rings. The second-order valence-electron chi connectivity index (χ2n) is 7.14. The maximum absolute atomic E-state index is 6.35. The van der Waals surface area contributed by atoms with Crippen LogP contribution in [0.1, 0.15) is 27.7 Å². The molecule has 0 fully saturated rings. The largest absolute Gasteiger partial charge is 0.325 e. The smallest absolute Gasteiger partial charge is 0.171 e. The van der Waals surface area contributed by atoms with Crippen molar-refractivity contribution in [1.29, 1.82) is 0 Å². The minimum absolute atomic E-state index is 0.333. The van der Waals surface area contributed by atoms with E-state index in [9.17, 15) is 0 Å². The van der Waals surface area contributed by atoms with Crippen LogP contribution < -0.4 is 0 Å². The number of thioether (sulfide) groups is 4. The Hall–Kier alpha value is 1.54. The number of rotatable bonds is 4. The summed E-state index contributed by atoms with van der Waals surface area (Å²) in [5.74, 6) is 0. The van der Waals surface area contributed by atoms with Crippen LogP contribution >= 0.6 is 117 Å². The molecule has 1 nitrogen and oxygen atoms in total. The van der Waals surface area contributed by atoms with Crippen molar-refractivity contribution in [3.8, 4) is 0 Å². The first-order valence-corrected chi connectivity index (χ1v) is 15.5. The zero-order chi connectivity index (χ0) is 23.8. The summed E-state index contributed by atoms with van der Waals surface area (Å²) in [5, 5.41) is 3.13. The second-order valence-corrected chi connectivity index (χ2v) is 16.0. The molecule has 2 aliphatic rings. The molecule has 0 saturated carbocycles. The van der Waals surface area contributed by atoms with Gasteiger partial charge in [0.15, 0.2) is 2.74 Å². The summed E-state index contributed by atoms with van der Waals surface area (Å²) in [5.41, 5.74) is 0. The van der Waals surface area contributed by atoms with E-state index in [1.807, 2.05) is 0 Å². The normalized spacial score (nSPS) is 16.1. The first-order valence-electron chi connectivity index (χ1n) is 10.0. The van der Waals surface area contributed by atoms with Crippen molar-refractivity contribution in [3.63, 3.8) is 0 Å². The molecule has 2 aromatic carbocycles. The van der Waals surface area contributed by atoms with Crippen LogP contribution in [0.25, 0.3) is 0 Å². The molecule has 0 aromatic heterocycles. The molecule has 2 heterocycles. The van der Waals surface area contributed by atoms with Crippen LogP contribution in [0.5, 0.6) is 0 Å². The highest BCUT2D eigenvalue weighted by Gasteiger charge is 2.50.